The van der Waals surface area contributed by atoms with Crippen molar-refractivity contribution < 1.29 is 14.3 Å². The fourth-order valence-corrected chi connectivity index (χ4v) is 2.96. The van der Waals surface area contributed by atoms with Crippen LogP contribution in [0.2, 0.25) is 5.15 Å². The van der Waals surface area contributed by atoms with Crippen LogP contribution in [0.25, 0.3) is 0 Å². The molecule has 0 aliphatic rings. The summed E-state index contributed by atoms with van der Waals surface area (Å²) < 4.78 is 4.95. The fraction of sp³-hybridized carbons (Fsp3) is 0.235. The highest BCUT2D eigenvalue weighted by atomic mass is 35.5. The van der Waals surface area contributed by atoms with Gasteiger partial charge in [-0.3, -0.25) is 4.79 Å². The molecule has 0 bridgehead atoms. The lowest BCUT2D eigenvalue weighted by atomic mass is 10.1. The Bertz CT molecular complexity index is 883. The summed E-state index contributed by atoms with van der Waals surface area (Å²) in [5.74, 6) is -0.831. The Morgan fingerprint density at radius 3 is 2.88 bits per heavy atom. The van der Waals surface area contributed by atoms with Gasteiger partial charge in [0.1, 0.15) is 11.1 Å². The minimum atomic E-state index is -0.533. The van der Waals surface area contributed by atoms with Gasteiger partial charge in [-0.15, -0.1) is 0 Å². The first-order chi connectivity index (χ1) is 12.5. The molecule has 0 atom stereocenters. The van der Waals surface area contributed by atoms with Crippen molar-refractivity contribution >= 4 is 40.9 Å². The van der Waals surface area contributed by atoms with E-state index in [4.69, 9.17) is 16.3 Å². The second-order valence-electron chi connectivity index (χ2n) is 4.98. The molecule has 26 heavy (non-hydrogen) atoms. The number of carbonyl (C=O) groups excluding carboxylic acids is 2. The lowest BCUT2D eigenvalue weighted by Crippen LogP contribution is -2.15. The molecule has 2 rings (SSSR count). The minimum absolute atomic E-state index is 0.0189. The number of hydrogen-bond acceptors (Lipinski definition) is 7. The highest BCUT2D eigenvalue weighted by Gasteiger charge is 2.17. The van der Waals surface area contributed by atoms with Crippen LogP contribution in [0.3, 0.4) is 0 Å². The van der Waals surface area contributed by atoms with E-state index in [-0.39, 0.29) is 34.5 Å². The number of nitrogens with zero attached hydrogens (tertiary/aromatic N) is 3. The number of halogens is 1. The summed E-state index contributed by atoms with van der Waals surface area (Å²) in [6, 6.07) is 6.71. The predicted molar refractivity (Wildman–Crippen MR) is 98.2 cm³/mol. The molecule has 1 amide bonds. The summed E-state index contributed by atoms with van der Waals surface area (Å²) in [5, 5.41) is 12.5. The van der Waals surface area contributed by atoms with Gasteiger partial charge in [-0.2, -0.15) is 5.26 Å². The van der Waals surface area contributed by atoms with Crippen LogP contribution in [-0.4, -0.2) is 34.2 Å². The van der Waals surface area contributed by atoms with E-state index in [0.29, 0.717) is 16.4 Å². The molecule has 2 heterocycles. The zero-order valence-corrected chi connectivity index (χ0v) is 15.6. The van der Waals surface area contributed by atoms with Gasteiger partial charge in [0.25, 0.3) is 0 Å². The van der Waals surface area contributed by atoms with Crippen molar-refractivity contribution in [2.24, 2.45) is 0 Å². The molecule has 7 nitrogen and oxygen atoms in total. The van der Waals surface area contributed by atoms with Crippen molar-refractivity contribution in [3.05, 3.63) is 46.4 Å². The number of aromatic nitrogens is 2. The second kappa shape index (κ2) is 9.17. The molecule has 2 aromatic heterocycles. The Labute approximate surface area is 159 Å². The molecule has 0 radical (unpaired) electrons. The molecule has 0 aromatic carbocycles. The van der Waals surface area contributed by atoms with Crippen molar-refractivity contribution in [2.45, 2.75) is 18.9 Å². The number of aryl methyl sites for hydroxylation is 1. The normalized spacial score (nSPS) is 10.1. The number of nitrogens with one attached hydrogen (secondary N) is 1. The highest BCUT2D eigenvalue weighted by Crippen LogP contribution is 2.24. The average Bonchev–Trinajstić information content (AvgIpc) is 2.62. The number of hydrogen-bond donors (Lipinski definition) is 1. The molecule has 1 N–H and O–H groups in total. The number of carbonyl (C=O) groups is 2. The summed E-state index contributed by atoms with van der Waals surface area (Å²) in [7, 11) is 0. The molecule has 0 unspecified atom stereocenters. The minimum Gasteiger partial charge on any atom is -0.462 e. The molecule has 0 aliphatic heterocycles. The summed E-state index contributed by atoms with van der Waals surface area (Å²) in [5.41, 5.74) is 1.28. The molecular formula is C17H15ClN4O3S. The Hall–Kier alpha value is -2.63. The number of rotatable bonds is 6. The number of ether oxygens (including phenoxy) is 1. The summed E-state index contributed by atoms with van der Waals surface area (Å²) in [4.78, 5) is 32.1. The van der Waals surface area contributed by atoms with Crippen LogP contribution in [0, 0.1) is 18.3 Å². The monoisotopic (exact) mass is 390 g/mol. The highest BCUT2D eigenvalue weighted by molar-refractivity contribution is 8.00. The number of amides is 1. The van der Waals surface area contributed by atoms with Crippen LogP contribution < -0.4 is 5.32 Å². The van der Waals surface area contributed by atoms with E-state index in [9.17, 15) is 14.9 Å². The maximum atomic E-state index is 12.1. The van der Waals surface area contributed by atoms with Crippen LogP contribution >= 0.6 is 23.4 Å². The molecule has 0 saturated carbocycles. The number of anilines is 1. The van der Waals surface area contributed by atoms with Crippen molar-refractivity contribution in [1.82, 2.24) is 9.97 Å². The van der Waals surface area contributed by atoms with Crippen LogP contribution in [0.4, 0.5) is 5.69 Å². The van der Waals surface area contributed by atoms with E-state index in [2.05, 4.69) is 15.3 Å². The maximum absolute atomic E-state index is 12.1. The summed E-state index contributed by atoms with van der Waals surface area (Å²) in [6.07, 6.45) is 1.52. The zero-order valence-electron chi connectivity index (χ0n) is 14.1. The van der Waals surface area contributed by atoms with Gasteiger partial charge < -0.3 is 10.1 Å². The van der Waals surface area contributed by atoms with E-state index in [1.54, 1.807) is 26.0 Å². The number of pyridine rings is 2. The Morgan fingerprint density at radius 2 is 2.23 bits per heavy atom. The van der Waals surface area contributed by atoms with Gasteiger partial charge in [0, 0.05) is 6.20 Å². The quantitative estimate of drug-likeness (QED) is 0.458. The molecule has 0 spiro atoms. The lowest BCUT2D eigenvalue weighted by Gasteiger charge is -2.09. The molecule has 9 heteroatoms. The standard InChI is InChI=1S/C17H15ClN4O3S/c1-3-25-17(24)12-7-11(8-19)16(21-10(12)2)26-9-14(23)22-13-5-4-6-20-15(13)18/h4-7H,3,9H2,1-2H3,(H,22,23). The third-order valence-electron chi connectivity index (χ3n) is 3.17. The first-order valence-corrected chi connectivity index (χ1v) is 8.94. The third-order valence-corrected chi connectivity index (χ3v) is 4.46. The molecule has 2 aromatic rings. The Kier molecular flexibility index (Phi) is 6.95. The van der Waals surface area contributed by atoms with E-state index in [0.717, 1.165) is 11.8 Å². The fourth-order valence-electron chi connectivity index (χ4n) is 1.99. The first kappa shape index (κ1) is 19.7. The largest absolute Gasteiger partial charge is 0.462 e. The SMILES string of the molecule is CCOC(=O)c1cc(C#N)c(SCC(=O)Nc2cccnc2Cl)nc1C. The van der Waals surface area contributed by atoms with Crippen LogP contribution in [0.1, 0.15) is 28.5 Å². The Morgan fingerprint density at radius 1 is 1.46 bits per heavy atom. The van der Waals surface area contributed by atoms with E-state index >= 15 is 0 Å². The average molecular weight is 391 g/mol. The second-order valence-corrected chi connectivity index (χ2v) is 6.31. The number of esters is 1. The van der Waals surface area contributed by atoms with E-state index < -0.39 is 5.97 Å². The van der Waals surface area contributed by atoms with Gasteiger partial charge in [-0.1, -0.05) is 23.4 Å². The molecular weight excluding hydrogens is 376 g/mol. The first-order valence-electron chi connectivity index (χ1n) is 7.58. The number of thioether (sulfide) groups is 1. The molecule has 134 valence electrons. The van der Waals surface area contributed by atoms with Gasteiger partial charge in [0.05, 0.1) is 34.9 Å². The maximum Gasteiger partial charge on any atom is 0.340 e. The number of nitriles is 1. The molecule has 0 saturated heterocycles. The van der Waals surface area contributed by atoms with Crippen LogP contribution in [-0.2, 0) is 9.53 Å². The van der Waals surface area contributed by atoms with Crippen LogP contribution in [0.5, 0.6) is 0 Å². The smallest absolute Gasteiger partial charge is 0.340 e. The van der Waals surface area contributed by atoms with Gasteiger partial charge in [-0.25, -0.2) is 14.8 Å². The van der Waals surface area contributed by atoms with Crippen molar-refractivity contribution in [2.75, 3.05) is 17.7 Å². The Balaban J connectivity index is 2.11. The van der Waals surface area contributed by atoms with Gasteiger partial charge >= 0.3 is 5.97 Å². The van der Waals surface area contributed by atoms with Crippen molar-refractivity contribution in [3.8, 4) is 6.07 Å². The topological polar surface area (TPSA) is 105 Å². The van der Waals surface area contributed by atoms with Gasteiger partial charge in [-0.05, 0) is 32.0 Å². The van der Waals surface area contributed by atoms with Crippen molar-refractivity contribution in [1.29, 1.82) is 5.26 Å². The van der Waals surface area contributed by atoms with Gasteiger partial charge in [0.15, 0.2) is 5.15 Å². The summed E-state index contributed by atoms with van der Waals surface area (Å²) >= 11 is 6.99. The lowest BCUT2D eigenvalue weighted by molar-refractivity contribution is -0.113. The predicted octanol–water partition coefficient (Wildman–Crippen LogP) is 3.22. The van der Waals surface area contributed by atoms with E-state index in [1.165, 1.54) is 12.3 Å². The zero-order chi connectivity index (χ0) is 19.1. The third kappa shape index (κ3) is 4.94. The van der Waals surface area contributed by atoms with Gasteiger partial charge in [0.2, 0.25) is 5.91 Å². The summed E-state index contributed by atoms with van der Waals surface area (Å²) in [6.45, 7) is 3.57. The van der Waals surface area contributed by atoms with E-state index in [1.807, 2.05) is 6.07 Å². The molecule has 0 aliphatic carbocycles. The van der Waals surface area contributed by atoms with Crippen LogP contribution in [0.15, 0.2) is 29.4 Å². The van der Waals surface area contributed by atoms with Crippen molar-refractivity contribution in [3.63, 3.8) is 0 Å². The molecule has 0 fully saturated rings.